The van der Waals surface area contributed by atoms with Crippen LogP contribution in [0.25, 0.3) is 11.3 Å². The highest BCUT2D eigenvalue weighted by molar-refractivity contribution is 5.65. The van der Waals surface area contributed by atoms with E-state index in [-0.39, 0.29) is 5.41 Å². The highest BCUT2D eigenvalue weighted by atomic mass is 16.5. The molecule has 0 saturated carbocycles. The average Bonchev–Trinajstić information content (AvgIpc) is 3.09. The zero-order valence-corrected chi connectivity index (χ0v) is 14.1. The SMILES string of the molecule is CC(C)c1c(-c2cnn(CC3(C)COC3)c2)nn2c1OCCC2. The van der Waals surface area contributed by atoms with Crippen LogP contribution in [0.3, 0.4) is 0 Å². The molecule has 0 bridgehead atoms. The molecule has 4 heterocycles. The van der Waals surface area contributed by atoms with Gasteiger partial charge in [0.2, 0.25) is 5.88 Å². The van der Waals surface area contributed by atoms with Gasteiger partial charge in [0.25, 0.3) is 0 Å². The van der Waals surface area contributed by atoms with Gasteiger partial charge in [-0.1, -0.05) is 20.8 Å². The highest BCUT2D eigenvalue weighted by Crippen LogP contribution is 2.38. The Morgan fingerprint density at radius 1 is 1.35 bits per heavy atom. The molecule has 2 aromatic heterocycles. The van der Waals surface area contributed by atoms with E-state index < -0.39 is 0 Å². The molecule has 2 aliphatic heterocycles. The lowest BCUT2D eigenvalue weighted by Gasteiger charge is -2.37. The van der Waals surface area contributed by atoms with E-state index in [1.807, 2.05) is 15.6 Å². The summed E-state index contributed by atoms with van der Waals surface area (Å²) in [7, 11) is 0. The molecule has 2 aliphatic rings. The van der Waals surface area contributed by atoms with E-state index in [1.165, 1.54) is 5.56 Å². The molecule has 6 heteroatoms. The fourth-order valence-electron chi connectivity index (χ4n) is 3.39. The van der Waals surface area contributed by atoms with Crippen LogP contribution >= 0.6 is 0 Å². The van der Waals surface area contributed by atoms with Gasteiger partial charge >= 0.3 is 0 Å². The predicted molar refractivity (Wildman–Crippen MR) is 86.6 cm³/mol. The molecule has 0 aromatic carbocycles. The Bertz CT molecular complexity index is 712. The number of aromatic nitrogens is 4. The van der Waals surface area contributed by atoms with E-state index in [2.05, 4.69) is 32.1 Å². The summed E-state index contributed by atoms with van der Waals surface area (Å²) in [5, 5.41) is 9.34. The first-order valence-corrected chi connectivity index (χ1v) is 8.40. The summed E-state index contributed by atoms with van der Waals surface area (Å²) in [5.41, 5.74) is 3.49. The second-order valence-corrected chi connectivity index (χ2v) is 7.38. The molecule has 124 valence electrons. The van der Waals surface area contributed by atoms with Crippen molar-refractivity contribution in [3.8, 4) is 17.1 Å². The summed E-state index contributed by atoms with van der Waals surface area (Å²) in [6, 6.07) is 0. The van der Waals surface area contributed by atoms with Crippen molar-refractivity contribution in [3.63, 3.8) is 0 Å². The number of fused-ring (bicyclic) bond motifs is 1. The minimum absolute atomic E-state index is 0.209. The summed E-state index contributed by atoms with van der Waals surface area (Å²) < 4.78 is 15.2. The largest absolute Gasteiger partial charge is 0.478 e. The standard InChI is InChI=1S/C17H24N4O2/c1-12(2)14-15(19-21-5-4-6-23-16(14)21)13-7-18-20(8-13)9-17(3)10-22-11-17/h7-8,12H,4-6,9-11H2,1-3H3. The Morgan fingerprint density at radius 2 is 2.17 bits per heavy atom. The molecular formula is C17H24N4O2. The first-order chi connectivity index (χ1) is 11.1. The van der Waals surface area contributed by atoms with Crippen molar-refractivity contribution in [2.24, 2.45) is 5.41 Å². The van der Waals surface area contributed by atoms with Crippen LogP contribution in [0.5, 0.6) is 5.88 Å². The van der Waals surface area contributed by atoms with Gasteiger partial charge in [0.15, 0.2) is 0 Å². The van der Waals surface area contributed by atoms with Crippen LogP contribution in [0, 0.1) is 5.41 Å². The monoisotopic (exact) mass is 316 g/mol. The highest BCUT2D eigenvalue weighted by Gasteiger charge is 2.34. The summed E-state index contributed by atoms with van der Waals surface area (Å²) in [4.78, 5) is 0. The number of hydrogen-bond acceptors (Lipinski definition) is 4. The van der Waals surface area contributed by atoms with Gasteiger partial charge in [0.1, 0.15) is 5.69 Å². The van der Waals surface area contributed by atoms with Crippen LogP contribution in [0.4, 0.5) is 0 Å². The number of ether oxygens (including phenoxy) is 2. The fraction of sp³-hybridized carbons (Fsp3) is 0.647. The normalized spacial score (nSPS) is 19.3. The van der Waals surface area contributed by atoms with Crippen molar-refractivity contribution in [2.45, 2.75) is 46.2 Å². The molecule has 4 rings (SSSR count). The predicted octanol–water partition coefficient (Wildman–Crippen LogP) is 2.69. The fourth-order valence-corrected chi connectivity index (χ4v) is 3.39. The molecule has 0 atom stereocenters. The van der Waals surface area contributed by atoms with Crippen LogP contribution in [-0.2, 0) is 17.8 Å². The molecule has 0 unspecified atom stereocenters. The van der Waals surface area contributed by atoms with E-state index in [4.69, 9.17) is 14.6 Å². The summed E-state index contributed by atoms with van der Waals surface area (Å²) in [5.74, 6) is 1.31. The van der Waals surface area contributed by atoms with E-state index in [0.717, 1.165) is 56.5 Å². The van der Waals surface area contributed by atoms with Gasteiger partial charge in [0, 0.05) is 35.7 Å². The van der Waals surface area contributed by atoms with Crippen LogP contribution in [0.2, 0.25) is 0 Å². The van der Waals surface area contributed by atoms with Crippen molar-refractivity contribution in [3.05, 3.63) is 18.0 Å². The topological polar surface area (TPSA) is 54.1 Å². The van der Waals surface area contributed by atoms with Crippen molar-refractivity contribution < 1.29 is 9.47 Å². The number of hydrogen-bond donors (Lipinski definition) is 0. The zero-order chi connectivity index (χ0) is 16.0. The first-order valence-electron chi connectivity index (χ1n) is 8.40. The molecule has 0 aliphatic carbocycles. The molecule has 0 amide bonds. The lowest BCUT2D eigenvalue weighted by Crippen LogP contribution is -2.43. The minimum atomic E-state index is 0.209. The number of aryl methyl sites for hydroxylation is 1. The van der Waals surface area contributed by atoms with E-state index in [0.29, 0.717) is 5.92 Å². The molecule has 23 heavy (non-hydrogen) atoms. The Kier molecular flexibility index (Phi) is 3.44. The third kappa shape index (κ3) is 2.55. The number of rotatable bonds is 4. The Hall–Kier alpha value is -1.82. The zero-order valence-electron chi connectivity index (χ0n) is 14.1. The third-order valence-corrected chi connectivity index (χ3v) is 4.62. The molecule has 0 radical (unpaired) electrons. The minimum Gasteiger partial charge on any atom is -0.478 e. The van der Waals surface area contributed by atoms with E-state index in [1.54, 1.807) is 0 Å². The molecule has 0 N–H and O–H groups in total. The van der Waals surface area contributed by atoms with Crippen molar-refractivity contribution in [2.75, 3.05) is 19.8 Å². The molecule has 1 saturated heterocycles. The molecule has 0 spiro atoms. The third-order valence-electron chi connectivity index (χ3n) is 4.62. The number of nitrogens with zero attached hydrogens (tertiary/aromatic N) is 4. The Morgan fingerprint density at radius 3 is 2.87 bits per heavy atom. The van der Waals surface area contributed by atoms with Gasteiger partial charge in [-0.05, 0) is 5.92 Å². The summed E-state index contributed by atoms with van der Waals surface area (Å²) in [6.07, 6.45) is 5.04. The maximum atomic E-state index is 5.89. The van der Waals surface area contributed by atoms with E-state index in [9.17, 15) is 0 Å². The maximum absolute atomic E-state index is 5.89. The smallest absolute Gasteiger partial charge is 0.215 e. The first kappa shape index (κ1) is 14.8. The maximum Gasteiger partial charge on any atom is 0.215 e. The van der Waals surface area contributed by atoms with Gasteiger partial charge in [-0.3, -0.25) is 4.68 Å². The quantitative estimate of drug-likeness (QED) is 0.870. The van der Waals surface area contributed by atoms with Crippen molar-refractivity contribution >= 4 is 0 Å². The van der Waals surface area contributed by atoms with Crippen LogP contribution in [-0.4, -0.2) is 39.4 Å². The van der Waals surface area contributed by atoms with Crippen molar-refractivity contribution in [1.29, 1.82) is 0 Å². The second-order valence-electron chi connectivity index (χ2n) is 7.38. The molecule has 6 nitrogen and oxygen atoms in total. The Labute approximate surface area is 136 Å². The summed E-state index contributed by atoms with van der Waals surface area (Å²) >= 11 is 0. The van der Waals surface area contributed by atoms with Gasteiger partial charge in [0.05, 0.1) is 32.6 Å². The molecule has 1 fully saturated rings. The van der Waals surface area contributed by atoms with Gasteiger partial charge in [-0.2, -0.15) is 10.2 Å². The summed E-state index contributed by atoms with van der Waals surface area (Å²) in [6.45, 7) is 10.8. The second kappa shape index (κ2) is 5.37. The van der Waals surface area contributed by atoms with Gasteiger partial charge < -0.3 is 9.47 Å². The van der Waals surface area contributed by atoms with Crippen molar-refractivity contribution in [1.82, 2.24) is 19.6 Å². The Balaban J connectivity index is 1.67. The van der Waals surface area contributed by atoms with Crippen LogP contribution in [0.15, 0.2) is 12.4 Å². The lowest BCUT2D eigenvalue weighted by atomic mass is 9.89. The van der Waals surface area contributed by atoms with Gasteiger partial charge in [-0.15, -0.1) is 0 Å². The van der Waals surface area contributed by atoms with Crippen LogP contribution in [0.1, 0.15) is 38.7 Å². The molecular weight excluding hydrogens is 292 g/mol. The van der Waals surface area contributed by atoms with Gasteiger partial charge in [-0.25, -0.2) is 4.68 Å². The van der Waals surface area contributed by atoms with Crippen LogP contribution < -0.4 is 4.74 Å². The molecule has 2 aromatic rings. The lowest BCUT2D eigenvalue weighted by molar-refractivity contribution is -0.111. The van der Waals surface area contributed by atoms with E-state index >= 15 is 0 Å². The average molecular weight is 316 g/mol.